The summed E-state index contributed by atoms with van der Waals surface area (Å²) in [6.45, 7) is -1.25. The molecule has 0 saturated carbocycles. The lowest BCUT2D eigenvalue weighted by molar-refractivity contribution is -0.0672. The van der Waals surface area contributed by atoms with E-state index < -0.39 is 77.9 Å². The third-order valence-electron chi connectivity index (χ3n) is 7.75. The van der Waals surface area contributed by atoms with Crippen LogP contribution >= 0.6 is 15.6 Å². The van der Waals surface area contributed by atoms with Crippen LogP contribution in [0.25, 0.3) is 22.3 Å². The van der Waals surface area contributed by atoms with Crippen LogP contribution in [0.1, 0.15) is 12.5 Å². The molecule has 3 aliphatic heterocycles. The number of hydrogen-bond acceptors (Lipinski definition) is 18. The van der Waals surface area contributed by atoms with Crippen molar-refractivity contribution in [1.82, 2.24) is 39.0 Å². The maximum absolute atomic E-state index is 13.7. The first kappa shape index (κ1) is 31.4. The van der Waals surface area contributed by atoms with Gasteiger partial charge >= 0.3 is 15.6 Å². The third-order valence-corrected chi connectivity index (χ3v) is 9.72. The number of nitrogens with two attached hydrogens (primary N) is 2. The lowest BCUT2D eigenvalue weighted by Gasteiger charge is -2.30. The largest absolute Gasteiger partial charge is 0.473 e. The van der Waals surface area contributed by atoms with Crippen molar-refractivity contribution in [2.45, 2.75) is 49.1 Å². The van der Waals surface area contributed by atoms with Crippen LogP contribution in [-0.4, -0.2) is 113 Å². The number of imidazole rings is 2. The molecule has 7 rings (SSSR count). The molecule has 0 radical (unpaired) electrons. The zero-order valence-corrected chi connectivity index (χ0v) is 25.7. The average Bonchev–Trinajstić information content (AvgIpc) is 3.78. The van der Waals surface area contributed by atoms with E-state index >= 15 is 0 Å². The van der Waals surface area contributed by atoms with Crippen LogP contribution in [-0.2, 0) is 46.2 Å². The number of methoxy groups -OCH3 is 2. The summed E-state index contributed by atoms with van der Waals surface area (Å²) in [4.78, 5) is 46.3. The van der Waals surface area contributed by atoms with Gasteiger partial charge in [-0.2, -0.15) is 0 Å². The van der Waals surface area contributed by atoms with Gasteiger partial charge in [0.2, 0.25) is 0 Å². The number of fused-ring (bicyclic) bond motifs is 4. The number of nitrogens with zero attached hydrogens (tertiary/aromatic N) is 8. The Balaban J connectivity index is 1.23. The molecule has 248 valence electrons. The molecule has 3 saturated heterocycles. The first-order valence-electron chi connectivity index (χ1n) is 13.5. The lowest BCUT2D eigenvalue weighted by atomic mass is 10.1. The highest BCUT2D eigenvalue weighted by atomic mass is 31.2. The first-order chi connectivity index (χ1) is 22.0. The van der Waals surface area contributed by atoms with Gasteiger partial charge in [0.15, 0.2) is 35.4 Å². The molecule has 0 aliphatic carbocycles. The molecule has 0 amide bonds. The van der Waals surface area contributed by atoms with E-state index in [-0.39, 0.29) is 34.0 Å². The van der Waals surface area contributed by atoms with Gasteiger partial charge in [-0.3, -0.25) is 27.2 Å². The number of hydrogen-bond donors (Lipinski definition) is 4. The van der Waals surface area contributed by atoms with Crippen LogP contribution in [0.15, 0.2) is 25.3 Å². The van der Waals surface area contributed by atoms with E-state index in [4.69, 9.17) is 48.5 Å². The summed E-state index contributed by atoms with van der Waals surface area (Å²) in [6.07, 6.45) is -4.60. The van der Waals surface area contributed by atoms with Gasteiger partial charge in [-0.05, 0) is 0 Å². The van der Waals surface area contributed by atoms with E-state index in [9.17, 15) is 18.9 Å². The van der Waals surface area contributed by atoms with Crippen molar-refractivity contribution in [2.75, 3.05) is 38.9 Å². The first-order valence-corrected chi connectivity index (χ1v) is 16.5. The van der Waals surface area contributed by atoms with Crippen molar-refractivity contribution < 1.29 is 56.0 Å². The molecule has 3 fully saturated rings. The molecule has 3 aliphatic rings. The summed E-state index contributed by atoms with van der Waals surface area (Å²) in [6, 6.07) is 0. The van der Waals surface area contributed by atoms with Crippen LogP contribution < -0.4 is 11.5 Å². The van der Waals surface area contributed by atoms with Gasteiger partial charge in [-0.1, -0.05) is 0 Å². The highest BCUT2D eigenvalue weighted by Gasteiger charge is 2.55. The summed E-state index contributed by atoms with van der Waals surface area (Å²) in [5.41, 5.74) is 12.9. The molecule has 6 N–H and O–H groups in total. The maximum atomic E-state index is 13.7. The van der Waals surface area contributed by atoms with Crippen molar-refractivity contribution >= 4 is 49.6 Å². The number of phosphoric ester groups is 2. The standard InChI is InChI=1S/C22H28N10O12P2/c1-37-15-13-9(41-21(15)31-7-29-11-17(23)25-5-27-19(11)31)3-39-45(33,34)40-4-10-14(44-46(35,36)43-13)16(38-2)22(42-10)32-8-30-12-18(24)26-6-28-20(12)32/h5-10,13-16,21-22H,3-4H2,1-2H3,(H,33,34)(H,35,36)(H2,23,25,27)(H2,24,26,28)/t9-,10-,13-,14-,15-,16-,21-,22-/m1/s1. The van der Waals surface area contributed by atoms with Gasteiger partial charge in [0.05, 0.1) is 25.9 Å². The van der Waals surface area contributed by atoms with E-state index in [2.05, 4.69) is 29.9 Å². The van der Waals surface area contributed by atoms with Crippen molar-refractivity contribution in [3.8, 4) is 0 Å². The van der Waals surface area contributed by atoms with Gasteiger partial charge in [-0.25, -0.2) is 39.0 Å². The molecule has 22 nitrogen and oxygen atoms in total. The van der Waals surface area contributed by atoms with Crippen LogP contribution in [0.4, 0.5) is 11.6 Å². The number of phosphoric acid groups is 2. The Morgan fingerprint density at radius 3 is 1.59 bits per heavy atom. The van der Waals surface area contributed by atoms with Crippen molar-refractivity contribution in [2.24, 2.45) is 0 Å². The van der Waals surface area contributed by atoms with Crippen molar-refractivity contribution in [1.29, 1.82) is 0 Å². The van der Waals surface area contributed by atoms with E-state index in [0.717, 1.165) is 0 Å². The number of ether oxygens (including phenoxy) is 4. The second-order valence-electron chi connectivity index (χ2n) is 10.4. The average molecular weight is 686 g/mol. The maximum Gasteiger partial charge on any atom is 0.473 e. The molecular formula is C22H28N10O12P2. The predicted octanol–water partition coefficient (Wildman–Crippen LogP) is -0.327. The Labute approximate surface area is 258 Å². The van der Waals surface area contributed by atoms with Crippen LogP contribution in [0.2, 0.25) is 0 Å². The van der Waals surface area contributed by atoms with Crippen molar-refractivity contribution in [3.05, 3.63) is 25.3 Å². The molecule has 24 heteroatoms. The fraction of sp³-hybridized carbons (Fsp3) is 0.545. The highest BCUT2D eigenvalue weighted by molar-refractivity contribution is 7.47. The predicted molar refractivity (Wildman–Crippen MR) is 150 cm³/mol. The van der Waals surface area contributed by atoms with Crippen LogP contribution in [0, 0.1) is 0 Å². The molecule has 46 heavy (non-hydrogen) atoms. The fourth-order valence-corrected chi connectivity index (χ4v) is 7.63. The topological polar surface area (TPSA) is 288 Å². The second kappa shape index (κ2) is 11.8. The third kappa shape index (κ3) is 5.45. The summed E-state index contributed by atoms with van der Waals surface area (Å²) in [5, 5.41) is 0. The summed E-state index contributed by atoms with van der Waals surface area (Å²) >= 11 is 0. The summed E-state index contributed by atoms with van der Waals surface area (Å²) in [7, 11) is -7.18. The Bertz CT molecular complexity index is 1740. The van der Waals surface area contributed by atoms with E-state index in [1.54, 1.807) is 0 Å². The molecule has 0 aromatic carbocycles. The van der Waals surface area contributed by atoms with Crippen LogP contribution in [0.5, 0.6) is 0 Å². The monoisotopic (exact) mass is 686 g/mol. The van der Waals surface area contributed by atoms with Gasteiger partial charge in [-0.15, -0.1) is 0 Å². The molecule has 0 unspecified atom stereocenters. The summed E-state index contributed by atoms with van der Waals surface area (Å²) in [5.74, 6) is 0.208. The zero-order valence-electron chi connectivity index (χ0n) is 23.9. The van der Waals surface area contributed by atoms with E-state index in [1.807, 2.05) is 0 Å². The minimum Gasteiger partial charge on any atom is -0.382 e. The van der Waals surface area contributed by atoms with E-state index in [0.29, 0.717) is 0 Å². The molecule has 7 heterocycles. The molecule has 4 aromatic rings. The number of nitrogen functional groups attached to an aromatic ring is 2. The SMILES string of the molecule is CO[C@@H]1[C@@H]2OP(=O)(O)O[C@H]3[C@@H](OC)[C@H](n4cnc5c(N)ncnc54)O[C@@H]3COP(=O)(O)OC[C@H]2O[C@H]1n1cnc2c(N)ncnc21. The van der Waals surface area contributed by atoms with Gasteiger partial charge in [0.1, 0.15) is 60.3 Å². The number of anilines is 2. The minimum atomic E-state index is -5.03. The van der Waals surface area contributed by atoms with Crippen LogP contribution in [0.3, 0.4) is 0 Å². The number of aromatic nitrogens is 8. The molecule has 8 atom stereocenters. The molecule has 0 spiro atoms. The highest BCUT2D eigenvalue weighted by Crippen LogP contribution is 2.55. The number of rotatable bonds is 4. The molecule has 4 aromatic heterocycles. The quantitative estimate of drug-likeness (QED) is 0.200. The smallest absolute Gasteiger partial charge is 0.382 e. The normalized spacial score (nSPS) is 37.1. The lowest BCUT2D eigenvalue weighted by Crippen LogP contribution is -2.40. The minimum absolute atomic E-state index is 0.104. The van der Waals surface area contributed by atoms with Crippen molar-refractivity contribution in [3.63, 3.8) is 0 Å². The summed E-state index contributed by atoms with van der Waals surface area (Å²) < 4.78 is 74.9. The Kier molecular flexibility index (Phi) is 8.03. The fourth-order valence-electron chi connectivity index (χ4n) is 5.71. The molecular weight excluding hydrogens is 658 g/mol. The van der Waals surface area contributed by atoms with Gasteiger partial charge in [0.25, 0.3) is 0 Å². The van der Waals surface area contributed by atoms with E-state index in [1.165, 1.54) is 48.7 Å². The van der Waals surface area contributed by atoms with Gasteiger partial charge < -0.3 is 40.2 Å². The Morgan fingerprint density at radius 2 is 1.17 bits per heavy atom. The Morgan fingerprint density at radius 1 is 0.739 bits per heavy atom. The second-order valence-corrected chi connectivity index (χ2v) is 13.2. The Hall–Kier alpha value is -3.24. The zero-order chi connectivity index (χ0) is 32.4. The molecule has 0 bridgehead atoms. The van der Waals surface area contributed by atoms with Gasteiger partial charge in [0, 0.05) is 14.2 Å².